The summed E-state index contributed by atoms with van der Waals surface area (Å²) in [4.78, 5) is 22.2. The number of nitrogens with zero attached hydrogens (tertiary/aromatic N) is 2. The molecule has 0 saturated carbocycles. The predicted molar refractivity (Wildman–Crippen MR) is 102 cm³/mol. The Morgan fingerprint density at radius 2 is 1.93 bits per heavy atom. The van der Waals surface area contributed by atoms with E-state index in [2.05, 4.69) is 10.5 Å². The van der Waals surface area contributed by atoms with E-state index in [4.69, 9.17) is 27.6 Å². The van der Waals surface area contributed by atoms with E-state index in [1.807, 2.05) is 0 Å². The molecular weight excluding hydrogens is 393 g/mol. The van der Waals surface area contributed by atoms with Crippen molar-refractivity contribution in [2.75, 3.05) is 0 Å². The molecule has 1 amide bonds. The highest BCUT2D eigenvalue weighted by molar-refractivity contribution is 6.42. The molecule has 0 atom stereocenters. The molecular formula is C18H11Cl2N3O4. The van der Waals surface area contributed by atoms with Crippen LogP contribution in [0.25, 0.3) is 11.3 Å². The van der Waals surface area contributed by atoms with Crippen LogP contribution in [-0.2, 0) is 0 Å². The third-order valence-corrected chi connectivity index (χ3v) is 4.25. The Balaban J connectivity index is 1.67. The predicted octanol–water partition coefficient (Wildman–Crippen LogP) is 4.93. The average molecular weight is 404 g/mol. The van der Waals surface area contributed by atoms with Crippen LogP contribution in [0.5, 0.6) is 0 Å². The second kappa shape index (κ2) is 8.03. The molecule has 1 N–H and O–H groups in total. The van der Waals surface area contributed by atoms with Gasteiger partial charge in [0.15, 0.2) is 0 Å². The van der Waals surface area contributed by atoms with Crippen molar-refractivity contribution in [3.63, 3.8) is 0 Å². The van der Waals surface area contributed by atoms with E-state index in [0.717, 1.165) is 5.56 Å². The Labute approximate surface area is 163 Å². The van der Waals surface area contributed by atoms with E-state index in [9.17, 15) is 14.9 Å². The smallest absolute Gasteiger partial charge is 0.271 e. The Bertz CT molecular complexity index is 1050. The van der Waals surface area contributed by atoms with Crippen LogP contribution in [-0.4, -0.2) is 17.0 Å². The van der Waals surface area contributed by atoms with Gasteiger partial charge in [-0.15, -0.1) is 0 Å². The molecule has 0 saturated heterocycles. The third-order valence-electron chi connectivity index (χ3n) is 3.51. The van der Waals surface area contributed by atoms with Crippen LogP contribution in [0.3, 0.4) is 0 Å². The quantitative estimate of drug-likeness (QED) is 0.371. The molecule has 3 aromatic rings. The van der Waals surface area contributed by atoms with Gasteiger partial charge in [-0.3, -0.25) is 14.9 Å². The van der Waals surface area contributed by atoms with Gasteiger partial charge in [-0.2, -0.15) is 5.10 Å². The molecule has 0 spiro atoms. The number of furan rings is 1. The Morgan fingerprint density at radius 1 is 1.11 bits per heavy atom. The van der Waals surface area contributed by atoms with Gasteiger partial charge in [0.2, 0.25) is 0 Å². The lowest BCUT2D eigenvalue weighted by Crippen LogP contribution is -2.17. The fourth-order valence-corrected chi connectivity index (χ4v) is 2.50. The van der Waals surface area contributed by atoms with E-state index >= 15 is 0 Å². The van der Waals surface area contributed by atoms with E-state index in [1.54, 1.807) is 30.3 Å². The number of nitro groups is 1. The van der Waals surface area contributed by atoms with Crippen molar-refractivity contribution in [1.82, 2.24) is 5.43 Å². The summed E-state index contributed by atoms with van der Waals surface area (Å²) in [6.07, 6.45) is 1.32. The number of halogens is 2. The van der Waals surface area contributed by atoms with Gasteiger partial charge in [0.05, 0.1) is 21.2 Å². The van der Waals surface area contributed by atoms with E-state index in [1.165, 1.54) is 30.5 Å². The first-order valence-corrected chi connectivity index (χ1v) is 8.33. The molecule has 136 valence electrons. The molecule has 3 rings (SSSR count). The summed E-state index contributed by atoms with van der Waals surface area (Å²) < 4.78 is 5.61. The lowest BCUT2D eigenvalue weighted by Gasteiger charge is -2.00. The van der Waals surface area contributed by atoms with Crippen LogP contribution in [0.4, 0.5) is 5.69 Å². The van der Waals surface area contributed by atoms with Crippen LogP contribution in [0.15, 0.2) is 64.1 Å². The number of amides is 1. The first-order valence-electron chi connectivity index (χ1n) is 7.57. The second-order valence-corrected chi connectivity index (χ2v) is 6.15. The van der Waals surface area contributed by atoms with Gasteiger partial charge in [0.1, 0.15) is 11.5 Å². The molecule has 0 aliphatic rings. The highest BCUT2D eigenvalue weighted by Gasteiger charge is 2.11. The summed E-state index contributed by atoms with van der Waals surface area (Å²) in [5, 5.41) is 15.4. The number of carbonyl (C=O) groups excluding carboxylic acids is 1. The number of nitro benzene ring substituents is 1. The Kier molecular flexibility index (Phi) is 5.54. The number of rotatable bonds is 5. The van der Waals surface area contributed by atoms with Gasteiger partial charge in [-0.05, 0) is 36.4 Å². The first kappa shape index (κ1) is 18.6. The fraction of sp³-hybridized carbons (Fsp3) is 0. The second-order valence-electron chi connectivity index (χ2n) is 5.34. The number of hydrazone groups is 1. The van der Waals surface area contributed by atoms with Gasteiger partial charge in [-0.1, -0.05) is 29.3 Å². The first-order chi connectivity index (χ1) is 12.9. The molecule has 9 heteroatoms. The number of nitrogens with one attached hydrogen (secondary N) is 1. The monoisotopic (exact) mass is 403 g/mol. The summed E-state index contributed by atoms with van der Waals surface area (Å²) in [6.45, 7) is 0. The molecule has 0 bridgehead atoms. The van der Waals surface area contributed by atoms with E-state index < -0.39 is 10.8 Å². The van der Waals surface area contributed by atoms with E-state index in [0.29, 0.717) is 21.6 Å². The average Bonchev–Trinajstić information content (AvgIpc) is 3.13. The maximum Gasteiger partial charge on any atom is 0.271 e. The van der Waals surface area contributed by atoms with Crippen LogP contribution >= 0.6 is 23.2 Å². The minimum Gasteiger partial charge on any atom is -0.455 e. The standard InChI is InChI=1S/C18H11Cl2N3O4/c19-15-6-4-11(9-16(15)20)17-7-5-14(27-17)10-21-22-18(24)12-2-1-3-13(8-12)23(25)26/h1-10H,(H,22,24). The molecule has 0 unspecified atom stereocenters. The van der Waals surface area contributed by atoms with E-state index in [-0.39, 0.29) is 11.3 Å². The fourth-order valence-electron chi connectivity index (χ4n) is 2.21. The van der Waals surface area contributed by atoms with Crippen molar-refractivity contribution in [1.29, 1.82) is 0 Å². The highest BCUT2D eigenvalue weighted by atomic mass is 35.5. The lowest BCUT2D eigenvalue weighted by molar-refractivity contribution is -0.384. The van der Waals surface area contributed by atoms with Crippen LogP contribution in [0.1, 0.15) is 16.1 Å². The molecule has 2 aromatic carbocycles. The molecule has 7 nitrogen and oxygen atoms in total. The van der Waals surface area contributed by atoms with Crippen molar-refractivity contribution in [3.8, 4) is 11.3 Å². The molecule has 0 radical (unpaired) electrons. The maximum absolute atomic E-state index is 12.0. The zero-order valence-electron chi connectivity index (χ0n) is 13.6. The van der Waals surface area contributed by atoms with Crippen LogP contribution in [0.2, 0.25) is 10.0 Å². The zero-order valence-corrected chi connectivity index (χ0v) is 15.1. The molecule has 1 aromatic heterocycles. The van der Waals surface area contributed by atoms with Crippen LogP contribution in [0, 0.1) is 10.1 Å². The Morgan fingerprint density at radius 3 is 2.67 bits per heavy atom. The number of carbonyl (C=O) groups is 1. The number of hydrogen-bond donors (Lipinski definition) is 1. The van der Waals surface area contributed by atoms with Gasteiger partial charge >= 0.3 is 0 Å². The minimum atomic E-state index is -0.578. The summed E-state index contributed by atoms with van der Waals surface area (Å²) in [5.41, 5.74) is 2.97. The number of non-ortho nitro benzene ring substituents is 1. The van der Waals surface area contributed by atoms with Crippen molar-refractivity contribution in [2.24, 2.45) is 5.10 Å². The zero-order chi connectivity index (χ0) is 19.4. The normalized spacial score (nSPS) is 10.9. The van der Waals surface area contributed by atoms with Crippen molar-refractivity contribution < 1.29 is 14.1 Å². The van der Waals surface area contributed by atoms with Gasteiger partial charge in [0, 0.05) is 23.3 Å². The largest absolute Gasteiger partial charge is 0.455 e. The topological polar surface area (TPSA) is 97.7 Å². The van der Waals surface area contributed by atoms with Crippen molar-refractivity contribution in [3.05, 3.63) is 86.1 Å². The third kappa shape index (κ3) is 4.52. The molecule has 1 heterocycles. The number of hydrogen-bond acceptors (Lipinski definition) is 5. The molecule has 27 heavy (non-hydrogen) atoms. The lowest BCUT2D eigenvalue weighted by atomic mass is 10.2. The molecule has 0 aliphatic heterocycles. The SMILES string of the molecule is O=C(NN=Cc1ccc(-c2ccc(Cl)c(Cl)c2)o1)c1cccc([N+](=O)[O-])c1. The Hall–Kier alpha value is -3.16. The van der Waals surface area contributed by atoms with Crippen molar-refractivity contribution in [2.45, 2.75) is 0 Å². The van der Waals surface area contributed by atoms with Crippen molar-refractivity contribution >= 4 is 41.0 Å². The molecule has 0 aliphatic carbocycles. The van der Waals surface area contributed by atoms with Gasteiger partial charge in [-0.25, -0.2) is 5.43 Å². The maximum atomic E-state index is 12.0. The van der Waals surface area contributed by atoms with Gasteiger partial charge < -0.3 is 4.42 Å². The summed E-state index contributed by atoms with van der Waals surface area (Å²) in [7, 11) is 0. The summed E-state index contributed by atoms with van der Waals surface area (Å²) in [5.74, 6) is 0.377. The number of benzene rings is 2. The van der Waals surface area contributed by atoms with Crippen LogP contribution < -0.4 is 5.43 Å². The minimum absolute atomic E-state index is 0.122. The summed E-state index contributed by atoms with van der Waals surface area (Å²) >= 11 is 11.9. The van der Waals surface area contributed by atoms with Gasteiger partial charge in [0.25, 0.3) is 11.6 Å². The highest BCUT2D eigenvalue weighted by Crippen LogP contribution is 2.29. The molecule has 0 fully saturated rings. The summed E-state index contributed by atoms with van der Waals surface area (Å²) in [6, 6.07) is 13.8.